The molecule has 0 saturated heterocycles. The van der Waals surface area contributed by atoms with E-state index in [2.05, 4.69) is 24.8 Å². The van der Waals surface area contributed by atoms with Crippen LogP contribution < -0.4 is 5.43 Å². The van der Waals surface area contributed by atoms with Crippen molar-refractivity contribution in [1.29, 1.82) is 0 Å². The molecule has 3 nitrogen and oxygen atoms in total. The third-order valence-electron chi connectivity index (χ3n) is 1.15. The Balaban J connectivity index is 0.000000561. The van der Waals surface area contributed by atoms with Crippen LogP contribution in [-0.2, 0) is 14.6 Å². The number of carbonyl (C=O) groups is 1. The van der Waals surface area contributed by atoms with E-state index in [9.17, 15) is 4.79 Å². The number of halogens is 1. The van der Waals surface area contributed by atoms with E-state index in [1.807, 2.05) is 6.07 Å². The molecule has 0 aliphatic heterocycles. The number of amides is 1. The topological polar surface area (TPSA) is 52.9 Å². The molecule has 1 aromatic rings. The van der Waals surface area contributed by atoms with Gasteiger partial charge in [0.15, 0.2) is 0 Å². The van der Waals surface area contributed by atoms with Gasteiger partial charge in [0.1, 0.15) is 0 Å². The van der Waals surface area contributed by atoms with E-state index in [1.54, 1.807) is 29.7 Å². The minimum atomic E-state index is -0.374. The SMILES string of the molecule is [Cl][Ni].[NH-]NC(=O)c1ccccc1. The number of benzene rings is 1. The van der Waals surface area contributed by atoms with Crippen LogP contribution in [0.1, 0.15) is 10.4 Å². The van der Waals surface area contributed by atoms with Crippen LogP contribution in [0.5, 0.6) is 0 Å². The molecule has 0 radical (unpaired) electrons. The molecule has 0 unspecified atom stereocenters. The zero-order valence-corrected chi connectivity index (χ0v) is 7.73. The first-order chi connectivity index (χ1) is 5.84. The van der Waals surface area contributed by atoms with E-state index in [4.69, 9.17) is 5.84 Å². The fourth-order valence-electron chi connectivity index (χ4n) is 0.662. The minimum absolute atomic E-state index is 0.374. The zero-order valence-electron chi connectivity index (χ0n) is 5.99. The number of hydrogen-bond donors (Lipinski definition) is 1. The van der Waals surface area contributed by atoms with Crippen molar-refractivity contribution in [3.63, 3.8) is 0 Å². The summed E-state index contributed by atoms with van der Waals surface area (Å²) in [5.41, 5.74) is 2.30. The fourth-order valence-corrected chi connectivity index (χ4v) is 0.662. The van der Waals surface area contributed by atoms with E-state index in [1.165, 1.54) is 0 Å². The molecule has 0 bridgehead atoms. The van der Waals surface area contributed by atoms with Crippen molar-refractivity contribution in [3.05, 3.63) is 41.7 Å². The van der Waals surface area contributed by atoms with Gasteiger partial charge in [-0.2, -0.15) is 0 Å². The molecule has 2 N–H and O–H groups in total. The van der Waals surface area contributed by atoms with Gasteiger partial charge < -0.3 is 11.3 Å². The average molecular weight is 229 g/mol. The summed E-state index contributed by atoms with van der Waals surface area (Å²) in [6.07, 6.45) is 0. The summed E-state index contributed by atoms with van der Waals surface area (Å²) in [6.45, 7) is 0. The van der Waals surface area contributed by atoms with E-state index in [0.717, 1.165) is 0 Å². The largest absolute Gasteiger partial charge is 0.584 e. The van der Waals surface area contributed by atoms with Gasteiger partial charge in [-0.3, -0.25) is 4.79 Å². The van der Waals surface area contributed by atoms with E-state index < -0.39 is 0 Å². The maximum absolute atomic E-state index is 10.7. The molecule has 0 aromatic heterocycles. The zero-order chi connectivity index (χ0) is 9.40. The quantitative estimate of drug-likeness (QED) is 0.581. The van der Waals surface area contributed by atoms with Crippen LogP contribution in [0.25, 0.3) is 5.84 Å². The molecule has 0 spiro atoms. The van der Waals surface area contributed by atoms with Crippen LogP contribution in [0.2, 0.25) is 0 Å². The van der Waals surface area contributed by atoms with Crippen LogP contribution in [-0.4, -0.2) is 5.91 Å². The maximum Gasteiger partial charge on any atom is 0.234 e. The summed E-state index contributed by atoms with van der Waals surface area (Å²) >= 11 is 3.35. The van der Waals surface area contributed by atoms with Crippen molar-refractivity contribution in [2.45, 2.75) is 0 Å². The van der Waals surface area contributed by atoms with Gasteiger partial charge >= 0.3 is 24.8 Å². The molecule has 0 aliphatic carbocycles. The monoisotopic (exact) mass is 228 g/mol. The first-order valence-corrected chi connectivity index (χ1v) is 4.34. The molecular weight excluding hydrogens is 222 g/mol. The summed E-state index contributed by atoms with van der Waals surface area (Å²) in [6, 6.07) is 8.64. The first kappa shape index (κ1) is 11.4. The normalized spacial score (nSPS) is 8.00. The Morgan fingerprint density at radius 1 is 1.33 bits per heavy atom. The van der Waals surface area contributed by atoms with Crippen molar-refractivity contribution >= 4 is 16.1 Å². The second kappa shape index (κ2) is 7.10. The van der Waals surface area contributed by atoms with Gasteiger partial charge in [0.05, 0.1) is 0 Å². The van der Waals surface area contributed by atoms with Crippen LogP contribution in [0.4, 0.5) is 0 Å². The third-order valence-corrected chi connectivity index (χ3v) is 1.15. The minimum Gasteiger partial charge on any atom is -0.584 e. The molecule has 0 atom stereocenters. The number of hydrogen-bond acceptors (Lipinski definition) is 1. The van der Waals surface area contributed by atoms with Gasteiger partial charge in [-0.05, 0) is 12.1 Å². The van der Waals surface area contributed by atoms with E-state index >= 15 is 0 Å². The predicted molar refractivity (Wildman–Crippen MR) is 44.1 cm³/mol. The van der Waals surface area contributed by atoms with Gasteiger partial charge in [-0.25, -0.2) is 0 Å². The summed E-state index contributed by atoms with van der Waals surface area (Å²) < 4.78 is 0. The number of rotatable bonds is 1. The molecule has 0 heterocycles. The molecular formula is C7H7ClN2NiO-. The van der Waals surface area contributed by atoms with Gasteiger partial charge in [-0.15, -0.1) is 0 Å². The van der Waals surface area contributed by atoms with E-state index in [0.29, 0.717) is 5.56 Å². The second-order valence-corrected chi connectivity index (χ2v) is 1.82. The van der Waals surface area contributed by atoms with Gasteiger partial charge in [-0.1, -0.05) is 18.2 Å². The molecule has 1 amide bonds. The van der Waals surface area contributed by atoms with Crippen molar-refractivity contribution in [2.24, 2.45) is 0 Å². The number of nitrogens with one attached hydrogen (secondary N) is 2. The van der Waals surface area contributed by atoms with Crippen molar-refractivity contribution in [1.82, 2.24) is 5.43 Å². The Morgan fingerprint density at radius 3 is 2.25 bits per heavy atom. The Kier molecular flexibility index (Phi) is 6.77. The summed E-state index contributed by atoms with van der Waals surface area (Å²) in [4.78, 5) is 10.7. The predicted octanol–water partition coefficient (Wildman–Crippen LogP) is 2.07. The molecule has 69 valence electrons. The van der Waals surface area contributed by atoms with Crippen molar-refractivity contribution < 1.29 is 19.4 Å². The van der Waals surface area contributed by atoms with Crippen molar-refractivity contribution in [2.75, 3.05) is 0 Å². The summed E-state index contributed by atoms with van der Waals surface area (Å²) in [5.74, 6) is 6.17. The Morgan fingerprint density at radius 2 is 1.83 bits per heavy atom. The van der Waals surface area contributed by atoms with Crippen LogP contribution in [0, 0.1) is 0 Å². The third kappa shape index (κ3) is 3.72. The summed E-state index contributed by atoms with van der Waals surface area (Å²) in [5, 5.41) is 0. The van der Waals surface area contributed by atoms with Crippen LogP contribution in [0.3, 0.4) is 0 Å². The molecule has 5 heteroatoms. The second-order valence-electron chi connectivity index (χ2n) is 1.82. The Labute approximate surface area is 82.9 Å². The molecule has 0 saturated carbocycles. The molecule has 1 rings (SSSR count). The standard InChI is InChI=1S/C7H7N2O.ClH.Ni/c8-9-7(10)6-4-2-1-3-5-6;;/h1-5,8H,(H,9,10);1H;/q-1;;+1/p-1. The van der Waals surface area contributed by atoms with Crippen LogP contribution >= 0.6 is 10.2 Å². The van der Waals surface area contributed by atoms with Gasteiger partial charge in [0.2, 0.25) is 5.91 Å². The van der Waals surface area contributed by atoms with E-state index in [-0.39, 0.29) is 5.91 Å². The molecule has 0 fully saturated rings. The fraction of sp³-hybridized carbons (Fsp3) is 0. The average Bonchev–Trinajstić information content (AvgIpc) is 2.21. The van der Waals surface area contributed by atoms with Gasteiger partial charge in [0.25, 0.3) is 0 Å². The Bertz CT molecular complexity index is 230. The first-order valence-electron chi connectivity index (χ1n) is 2.98. The molecule has 1 aromatic carbocycles. The smallest absolute Gasteiger partial charge is 0.234 e. The van der Waals surface area contributed by atoms with Crippen molar-refractivity contribution in [3.8, 4) is 0 Å². The Hall–Kier alpha value is -0.566. The maximum atomic E-state index is 10.7. The molecule has 0 aliphatic rings. The van der Waals surface area contributed by atoms with Gasteiger partial charge in [0, 0.05) is 5.56 Å². The number of carbonyl (C=O) groups excluding carboxylic acids is 1. The summed E-state index contributed by atoms with van der Waals surface area (Å²) in [7, 11) is 4.26. The van der Waals surface area contributed by atoms with Crippen LogP contribution in [0.15, 0.2) is 30.3 Å². The molecule has 12 heavy (non-hydrogen) atoms.